The molecule has 0 unspecified atom stereocenters. The van der Waals surface area contributed by atoms with E-state index in [2.05, 4.69) is 5.32 Å². The molecule has 3 aliphatic rings. The van der Waals surface area contributed by atoms with Gasteiger partial charge in [0.1, 0.15) is 23.3 Å². The number of nitrogens with zero attached hydrogens (tertiary/aromatic N) is 2. The van der Waals surface area contributed by atoms with Crippen LogP contribution in [0.15, 0.2) is 48.5 Å². The summed E-state index contributed by atoms with van der Waals surface area (Å²) in [5.41, 5.74) is -0.274. The van der Waals surface area contributed by atoms with Crippen LogP contribution in [0.25, 0.3) is 0 Å². The zero-order valence-corrected chi connectivity index (χ0v) is 21.4. The molecular weight excluding hydrogens is 493 g/mol. The number of methoxy groups -OCH3 is 1. The molecule has 3 aliphatic heterocycles. The Balaban J connectivity index is 1.34. The first-order valence-electron chi connectivity index (χ1n) is 13.0. The van der Waals surface area contributed by atoms with Gasteiger partial charge in [0.15, 0.2) is 0 Å². The maximum atomic E-state index is 13.7. The highest BCUT2D eigenvalue weighted by Gasteiger charge is 2.54. The fourth-order valence-electron chi connectivity index (χ4n) is 5.43. The summed E-state index contributed by atoms with van der Waals surface area (Å²) >= 11 is 0. The first kappa shape index (κ1) is 26.1. The van der Waals surface area contributed by atoms with E-state index in [1.807, 2.05) is 0 Å². The summed E-state index contributed by atoms with van der Waals surface area (Å²) in [4.78, 5) is 43.4. The molecule has 3 saturated heterocycles. The van der Waals surface area contributed by atoms with Gasteiger partial charge in [-0.3, -0.25) is 19.3 Å². The van der Waals surface area contributed by atoms with E-state index in [9.17, 15) is 18.8 Å². The quantitative estimate of drug-likeness (QED) is 0.623. The normalized spacial score (nSPS) is 22.5. The third-order valence-electron chi connectivity index (χ3n) is 7.55. The molecule has 3 fully saturated rings. The van der Waals surface area contributed by atoms with Crippen LogP contribution >= 0.6 is 0 Å². The van der Waals surface area contributed by atoms with Gasteiger partial charge in [-0.25, -0.2) is 4.39 Å². The van der Waals surface area contributed by atoms with Crippen LogP contribution in [0.1, 0.15) is 46.4 Å². The average molecular weight is 526 g/mol. The number of amides is 3. The maximum absolute atomic E-state index is 13.7. The molecular formula is C28H32FN3O6. The third kappa shape index (κ3) is 5.23. The monoisotopic (exact) mass is 525 g/mol. The molecule has 1 N–H and O–H groups in total. The van der Waals surface area contributed by atoms with E-state index >= 15 is 0 Å². The number of carbonyl (C=O) groups excluding carboxylic acids is 3. The Labute approximate surface area is 220 Å². The number of hydrogen-bond donors (Lipinski definition) is 1. The number of piperidine rings is 1. The second kappa shape index (κ2) is 11.1. The van der Waals surface area contributed by atoms with Gasteiger partial charge in [-0.05, 0) is 55.3 Å². The molecule has 1 spiro atoms. The molecule has 2 aromatic carbocycles. The van der Waals surface area contributed by atoms with Crippen molar-refractivity contribution < 1.29 is 33.0 Å². The second-order valence-electron chi connectivity index (χ2n) is 9.86. The summed E-state index contributed by atoms with van der Waals surface area (Å²) in [5.74, 6) is -0.727. The van der Waals surface area contributed by atoms with Crippen molar-refractivity contribution in [2.75, 3.05) is 40.0 Å². The van der Waals surface area contributed by atoms with Crippen molar-refractivity contribution in [3.8, 4) is 5.75 Å². The molecule has 202 valence electrons. The van der Waals surface area contributed by atoms with E-state index in [1.165, 1.54) is 29.2 Å². The molecule has 9 nitrogen and oxygen atoms in total. The molecule has 3 amide bonds. The summed E-state index contributed by atoms with van der Waals surface area (Å²) in [6.45, 7) is 1.76. The van der Waals surface area contributed by atoms with Gasteiger partial charge in [-0.2, -0.15) is 0 Å². The average Bonchev–Trinajstić information content (AvgIpc) is 3.60. The third-order valence-corrected chi connectivity index (χ3v) is 7.55. The van der Waals surface area contributed by atoms with Crippen molar-refractivity contribution in [3.05, 3.63) is 65.5 Å². The van der Waals surface area contributed by atoms with Gasteiger partial charge < -0.3 is 24.4 Å². The lowest BCUT2D eigenvalue weighted by atomic mass is 9.96. The fraction of sp³-hybridized carbons (Fsp3) is 0.464. The number of hydrogen-bond acceptors (Lipinski definition) is 6. The van der Waals surface area contributed by atoms with Crippen LogP contribution in [0, 0.1) is 5.82 Å². The first-order valence-corrected chi connectivity index (χ1v) is 13.0. The van der Waals surface area contributed by atoms with E-state index < -0.39 is 23.5 Å². The predicted molar refractivity (Wildman–Crippen MR) is 135 cm³/mol. The molecule has 0 aliphatic carbocycles. The molecule has 0 saturated carbocycles. The van der Waals surface area contributed by atoms with E-state index in [1.54, 1.807) is 36.3 Å². The van der Waals surface area contributed by atoms with Crippen LogP contribution in [-0.2, 0) is 14.3 Å². The van der Waals surface area contributed by atoms with E-state index in [-0.39, 0.29) is 30.1 Å². The number of rotatable bonds is 6. The number of nitrogens with one attached hydrogen (secondary N) is 1. The lowest BCUT2D eigenvalue weighted by Crippen LogP contribution is -2.60. The molecule has 3 heterocycles. The largest absolute Gasteiger partial charge is 0.497 e. The Morgan fingerprint density at radius 1 is 1.08 bits per heavy atom. The Morgan fingerprint density at radius 2 is 1.84 bits per heavy atom. The zero-order valence-electron chi connectivity index (χ0n) is 21.4. The first-order chi connectivity index (χ1) is 18.4. The van der Waals surface area contributed by atoms with Gasteiger partial charge in [0.2, 0.25) is 5.91 Å². The van der Waals surface area contributed by atoms with Crippen molar-refractivity contribution in [2.45, 2.75) is 43.6 Å². The molecule has 5 rings (SSSR count). The van der Waals surface area contributed by atoms with Crippen molar-refractivity contribution in [1.29, 1.82) is 0 Å². The van der Waals surface area contributed by atoms with Crippen LogP contribution in [0.2, 0.25) is 0 Å². The van der Waals surface area contributed by atoms with Crippen LogP contribution < -0.4 is 10.1 Å². The van der Waals surface area contributed by atoms with E-state index in [4.69, 9.17) is 14.2 Å². The Hall–Kier alpha value is -3.50. The Bertz CT molecular complexity index is 1180. The number of ether oxygens (including phenoxy) is 3. The van der Waals surface area contributed by atoms with E-state index in [0.29, 0.717) is 50.4 Å². The van der Waals surface area contributed by atoms with Crippen molar-refractivity contribution in [3.63, 3.8) is 0 Å². The summed E-state index contributed by atoms with van der Waals surface area (Å²) < 4.78 is 30.6. The Kier molecular flexibility index (Phi) is 7.62. The van der Waals surface area contributed by atoms with Gasteiger partial charge >= 0.3 is 0 Å². The van der Waals surface area contributed by atoms with Gasteiger partial charge in [0, 0.05) is 50.2 Å². The van der Waals surface area contributed by atoms with Gasteiger partial charge in [0.25, 0.3) is 11.8 Å². The minimum Gasteiger partial charge on any atom is -0.497 e. The highest BCUT2D eigenvalue weighted by molar-refractivity contribution is 5.98. The summed E-state index contributed by atoms with van der Waals surface area (Å²) in [5, 5.41) is 2.92. The van der Waals surface area contributed by atoms with Crippen LogP contribution in [0.4, 0.5) is 4.39 Å². The van der Waals surface area contributed by atoms with Crippen LogP contribution in [0.3, 0.4) is 0 Å². The van der Waals surface area contributed by atoms with Gasteiger partial charge in [-0.1, -0.05) is 6.07 Å². The standard InChI is InChI=1S/C28H32FN3O6/c1-36-22-5-2-4-20(16-22)26(34)31-13-11-28(12-14-31)32(27(35)19-7-9-21(29)10-8-19)24(18-38-28)25(33)30-17-23-6-3-15-37-23/h2,4-5,7-10,16,23-24H,3,6,11-15,17-18H2,1H3,(H,30,33)/t23-,24-/m0/s1. The molecule has 10 heteroatoms. The molecule has 2 atom stereocenters. The fourth-order valence-corrected chi connectivity index (χ4v) is 5.43. The zero-order chi connectivity index (χ0) is 26.7. The minimum absolute atomic E-state index is 0.0358. The molecule has 0 radical (unpaired) electrons. The predicted octanol–water partition coefficient (Wildman–Crippen LogP) is 2.60. The van der Waals surface area contributed by atoms with Crippen molar-refractivity contribution in [2.24, 2.45) is 0 Å². The van der Waals surface area contributed by atoms with Crippen molar-refractivity contribution in [1.82, 2.24) is 15.1 Å². The maximum Gasteiger partial charge on any atom is 0.256 e. The number of likely N-dealkylation sites (tertiary alicyclic amines) is 1. The van der Waals surface area contributed by atoms with Crippen LogP contribution in [0.5, 0.6) is 5.75 Å². The number of halogens is 1. The summed E-state index contributed by atoms with van der Waals surface area (Å²) in [7, 11) is 1.55. The smallest absolute Gasteiger partial charge is 0.256 e. The molecule has 0 aromatic heterocycles. The van der Waals surface area contributed by atoms with Gasteiger partial charge in [0.05, 0.1) is 19.8 Å². The number of benzene rings is 2. The highest BCUT2D eigenvalue weighted by Crippen LogP contribution is 2.39. The lowest BCUT2D eigenvalue weighted by molar-refractivity contribution is -0.128. The minimum atomic E-state index is -1.05. The number of carbonyl (C=O) groups is 3. The lowest BCUT2D eigenvalue weighted by Gasteiger charge is -2.44. The van der Waals surface area contributed by atoms with E-state index in [0.717, 1.165) is 12.8 Å². The van der Waals surface area contributed by atoms with Crippen molar-refractivity contribution >= 4 is 17.7 Å². The summed E-state index contributed by atoms with van der Waals surface area (Å²) in [6.07, 6.45) is 2.47. The SMILES string of the molecule is COc1cccc(C(=O)N2CCC3(CC2)OC[C@@H](C(=O)NC[C@@H]2CCCO2)N3C(=O)c2ccc(F)cc2)c1. The van der Waals surface area contributed by atoms with Gasteiger partial charge in [-0.15, -0.1) is 0 Å². The highest BCUT2D eigenvalue weighted by atomic mass is 19.1. The molecule has 0 bridgehead atoms. The summed E-state index contributed by atoms with van der Waals surface area (Å²) in [6, 6.07) is 11.4. The van der Waals surface area contributed by atoms with Crippen LogP contribution in [-0.4, -0.2) is 85.3 Å². The Morgan fingerprint density at radius 3 is 2.53 bits per heavy atom. The molecule has 38 heavy (non-hydrogen) atoms. The molecule has 2 aromatic rings. The topological polar surface area (TPSA) is 97.4 Å². The second-order valence-corrected chi connectivity index (χ2v) is 9.86.